The Morgan fingerprint density at radius 2 is 2.22 bits per heavy atom. The second kappa shape index (κ2) is 5.52. The molecule has 1 unspecified atom stereocenters. The van der Waals surface area contributed by atoms with Crippen molar-refractivity contribution in [2.24, 2.45) is 5.73 Å². The Bertz CT molecular complexity index is 440. The van der Waals surface area contributed by atoms with Crippen LogP contribution in [0.15, 0.2) is 0 Å². The van der Waals surface area contributed by atoms with E-state index in [0.29, 0.717) is 13.2 Å². The van der Waals surface area contributed by atoms with Crippen LogP contribution in [-0.2, 0) is 28.9 Å². The zero-order chi connectivity index (χ0) is 13.1. The first kappa shape index (κ1) is 13.1. The van der Waals surface area contributed by atoms with Gasteiger partial charge in [-0.25, -0.2) is 4.98 Å². The van der Waals surface area contributed by atoms with Crippen LogP contribution in [0.2, 0.25) is 0 Å². The molecule has 0 bridgehead atoms. The molecule has 0 fully saturated rings. The number of fused-ring (bicyclic) bond motifs is 1. The summed E-state index contributed by atoms with van der Waals surface area (Å²) in [4.78, 5) is 16.1. The highest BCUT2D eigenvalue weighted by Gasteiger charge is 2.22. The fraction of sp³-hybridized carbons (Fsp3) is 0.692. The highest BCUT2D eigenvalue weighted by Crippen LogP contribution is 2.22. The van der Waals surface area contributed by atoms with Gasteiger partial charge in [0, 0.05) is 12.2 Å². The van der Waals surface area contributed by atoms with Crippen LogP contribution in [-0.4, -0.2) is 28.2 Å². The van der Waals surface area contributed by atoms with Crippen molar-refractivity contribution < 1.29 is 9.53 Å². The Labute approximate surface area is 107 Å². The third-order valence-electron chi connectivity index (χ3n) is 3.39. The summed E-state index contributed by atoms with van der Waals surface area (Å²) >= 11 is 0. The Kier molecular flexibility index (Phi) is 4.01. The minimum Gasteiger partial charge on any atom is -0.465 e. The van der Waals surface area contributed by atoms with Crippen LogP contribution in [0.25, 0.3) is 0 Å². The molecule has 1 atom stereocenters. The number of carbonyl (C=O) groups is 1. The molecule has 0 saturated carbocycles. The lowest BCUT2D eigenvalue weighted by molar-refractivity contribution is -0.145. The average molecular weight is 251 g/mol. The van der Waals surface area contributed by atoms with Crippen LogP contribution in [0.5, 0.6) is 0 Å². The number of aromatic nitrogens is 2. The Morgan fingerprint density at radius 1 is 1.50 bits per heavy atom. The largest absolute Gasteiger partial charge is 0.465 e. The lowest BCUT2D eigenvalue weighted by Crippen LogP contribution is -2.37. The van der Waals surface area contributed by atoms with Crippen molar-refractivity contribution in [1.82, 2.24) is 9.55 Å². The maximum Gasteiger partial charge on any atom is 0.324 e. The summed E-state index contributed by atoms with van der Waals surface area (Å²) < 4.78 is 7.02. The van der Waals surface area contributed by atoms with E-state index < -0.39 is 6.04 Å². The van der Waals surface area contributed by atoms with Crippen molar-refractivity contribution in [1.29, 1.82) is 0 Å². The van der Waals surface area contributed by atoms with Crippen LogP contribution < -0.4 is 5.73 Å². The average Bonchev–Trinajstić information content (AvgIpc) is 2.66. The fourth-order valence-electron chi connectivity index (χ4n) is 2.50. The summed E-state index contributed by atoms with van der Waals surface area (Å²) in [7, 11) is 0. The SMILES string of the molecule is CCOC(=O)C(N)Cn1c(C)nc2c1CCCC2. The number of hydrogen-bond acceptors (Lipinski definition) is 4. The number of ether oxygens (including phenoxy) is 1. The minimum absolute atomic E-state index is 0.338. The van der Waals surface area contributed by atoms with E-state index in [-0.39, 0.29) is 5.97 Å². The number of hydrogen-bond donors (Lipinski definition) is 1. The number of rotatable bonds is 4. The van der Waals surface area contributed by atoms with Gasteiger partial charge in [-0.15, -0.1) is 0 Å². The summed E-state index contributed by atoms with van der Waals surface area (Å²) in [5, 5.41) is 0. The van der Waals surface area contributed by atoms with E-state index in [1.54, 1.807) is 6.92 Å². The van der Waals surface area contributed by atoms with Crippen molar-refractivity contribution >= 4 is 5.97 Å². The van der Waals surface area contributed by atoms with Gasteiger partial charge in [0.05, 0.1) is 12.3 Å². The van der Waals surface area contributed by atoms with Gasteiger partial charge in [-0.2, -0.15) is 0 Å². The van der Waals surface area contributed by atoms with E-state index in [0.717, 1.165) is 18.7 Å². The van der Waals surface area contributed by atoms with E-state index in [2.05, 4.69) is 9.55 Å². The molecular weight excluding hydrogens is 230 g/mol. The first-order chi connectivity index (χ1) is 8.63. The fourth-order valence-corrected chi connectivity index (χ4v) is 2.50. The molecule has 0 aliphatic heterocycles. The zero-order valence-corrected chi connectivity index (χ0v) is 11.1. The van der Waals surface area contributed by atoms with E-state index in [1.807, 2.05) is 6.92 Å². The van der Waals surface area contributed by atoms with Crippen molar-refractivity contribution in [3.63, 3.8) is 0 Å². The van der Waals surface area contributed by atoms with Gasteiger partial charge in [-0.3, -0.25) is 4.79 Å². The third kappa shape index (κ3) is 2.56. The van der Waals surface area contributed by atoms with E-state index in [9.17, 15) is 4.79 Å². The Balaban J connectivity index is 2.13. The molecule has 0 radical (unpaired) electrons. The van der Waals surface area contributed by atoms with E-state index in [1.165, 1.54) is 24.2 Å². The lowest BCUT2D eigenvalue weighted by Gasteiger charge is -2.17. The topological polar surface area (TPSA) is 70.1 Å². The number of aryl methyl sites for hydroxylation is 2. The van der Waals surface area contributed by atoms with Gasteiger partial charge in [-0.1, -0.05) is 0 Å². The third-order valence-corrected chi connectivity index (χ3v) is 3.39. The highest BCUT2D eigenvalue weighted by atomic mass is 16.5. The molecular formula is C13H21N3O2. The summed E-state index contributed by atoms with van der Waals surface area (Å²) in [6.45, 7) is 4.59. The van der Waals surface area contributed by atoms with Gasteiger partial charge in [0.15, 0.2) is 0 Å². The molecule has 5 heteroatoms. The van der Waals surface area contributed by atoms with Crippen LogP contribution in [0.4, 0.5) is 0 Å². The Hall–Kier alpha value is -1.36. The van der Waals surface area contributed by atoms with Gasteiger partial charge in [0.1, 0.15) is 11.9 Å². The van der Waals surface area contributed by atoms with Crippen LogP contribution in [0, 0.1) is 6.92 Å². The molecule has 2 rings (SSSR count). The summed E-state index contributed by atoms with van der Waals surface area (Å²) in [6, 6.07) is -0.608. The number of esters is 1. The molecule has 1 aromatic heterocycles. The molecule has 100 valence electrons. The monoisotopic (exact) mass is 251 g/mol. The summed E-state index contributed by atoms with van der Waals surface area (Å²) in [6.07, 6.45) is 4.46. The van der Waals surface area contributed by atoms with Crippen molar-refractivity contribution in [3.05, 3.63) is 17.2 Å². The smallest absolute Gasteiger partial charge is 0.324 e. The predicted octanol–water partition coefficient (Wildman–Crippen LogP) is 0.961. The van der Waals surface area contributed by atoms with E-state index in [4.69, 9.17) is 10.5 Å². The zero-order valence-electron chi connectivity index (χ0n) is 11.1. The van der Waals surface area contributed by atoms with Crippen LogP contribution >= 0.6 is 0 Å². The molecule has 2 N–H and O–H groups in total. The molecule has 0 aromatic carbocycles. The van der Waals surface area contributed by atoms with Crippen molar-refractivity contribution in [3.8, 4) is 0 Å². The van der Waals surface area contributed by atoms with Gasteiger partial charge in [0.25, 0.3) is 0 Å². The summed E-state index contributed by atoms with van der Waals surface area (Å²) in [5.41, 5.74) is 8.30. The van der Waals surface area contributed by atoms with Gasteiger partial charge in [0.2, 0.25) is 0 Å². The number of nitrogens with two attached hydrogens (primary N) is 1. The molecule has 1 aliphatic carbocycles. The summed E-state index contributed by atoms with van der Waals surface area (Å²) in [5.74, 6) is 0.608. The quantitative estimate of drug-likeness (QED) is 0.809. The van der Waals surface area contributed by atoms with Gasteiger partial charge < -0.3 is 15.0 Å². The van der Waals surface area contributed by atoms with Crippen molar-refractivity contribution in [2.45, 2.75) is 52.1 Å². The molecule has 1 aromatic rings. The second-order valence-electron chi connectivity index (χ2n) is 4.73. The maximum absolute atomic E-state index is 11.6. The molecule has 0 amide bonds. The van der Waals surface area contributed by atoms with Crippen LogP contribution in [0.3, 0.4) is 0 Å². The molecule has 1 aliphatic rings. The lowest BCUT2D eigenvalue weighted by atomic mass is 10.0. The van der Waals surface area contributed by atoms with Crippen LogP contribution in [0.1, 0.15) is 37.0 Å². The molecule has 5 nitrogen and oxygen atoms in total. The number of nitrogens with zero attached hydrogens (tertiary/aromatic N) is 2. The first-order valence-electron chi connectivity index (χ1n) is 6.60. The molecule has 0 spiro atoms. The molecule has 1 heterocycles. The number of imidazole rings is 1. The van der Waals surface area contributed by atoms with Gasteiger partial charge >= 0.3 is 5.97 Å². The normalized spacial score (nSPS) is 16.2. The first-order valence-corrected chi connectivity index (χ1v) is 6.60. The second-order valence-corrected chi connectivity index (χ2v) is 4.73. The van der Waals surface area contributed by atoms with E-state index >= 15 is 0 Å². The molecule has 0 saturated heterocycles. The predicted molar refractivity (Wildman–Crippen MR) is 68.2 cm³/mol. The van der Waals surface area contributed by atoms with Crippen molar-refractivity contribution in [2.75, 3.05) is 6.61 Å². The number of carbonyl (C=O) groups excluding carboxylic acids is 1. The maximum atomic E-state index is 11.6. The van der Waals surface area contributed by atoms with Gasteiger partial charge in [-0.05, 0) is 39.5 Å². The minimum atomic E-state index is -0.608. The highest BCUT2D eigenvalue weighted by molar-refractivity contribution is 5.75. The standard InChI is InChI=1S/C13H21N3O2/c1-3-18-13(17)10(14)8-16-9(2)15-11-6-4-5-7-12(11)16/h10H,3-8,14H2,1-2H3. The molecule has 18 heavy (non-hydrogen) atoms. The Morgan fingerprint density at radius 3 is 2.94 bits per heavy atom.